The lowest BCUT2D eigenvalue weighted by Gasteiger charge is -2.11. The molecule has 5 nitrogen and oxygen atoms in total. The SMILES string of the molecule is [2H]C([2H])([2H])OP(=O)(OC([2H])([2H])[2H])SCC(=O)NC. The predicted octanol–water partition coefficient (Wildman–Crippen LogP) is 0.866. The number of amides is 1. The maximum atomic E-state index is 11.9. The van der Waals surface area contributed by atoms with E-state index in [4.69, 9.17) is 8.22 Å². The fraction of sp³-hybridized carbons (Fsp3) is 0.800. The van der Waals surface area contributed by atoms with Gasteiger partial charge in [0.15, 0.2) is 0 Å². The highest BCUT2D eigenvalue weighted by Gasteiger charge is 2.22. The zero-order valence-corrected chi connectivity index (χ0v) is 7.91. The van der Waals surface area contributed by atoms with Crippen LogP contribution in [0.15, 0.2) is 0 Å². The Labute approximate surface area is 83.9 Å². The summed E-state index contributed by atoms with van der Waals surface area (Å²) in [5, 5.41) is 2.19. The highest BCUT2D eigenvalue weighted by Crippen LogP contribution is 2.59. The van der Waals surface area contributed by atoms with E-state index in [1.54, 1.807) is 0 Å². The quantitative estimate of drug-likeness (QED) is 0.695. The molecule has 0 heterocycles. The Morgan fingerprint density at radius 2 is 2.25 bits per heavy atom. The second-order valence-electron chi connectivity index (χ2n) is 1.58. The van der Waals surface area contributed by atoms with Crippen molar-refractivity contribution in [3.63, 3.8) is 0 Å². The van der Waals surface area contributed by atoms with E-state index in [0.29, 0.717) is 0 Å². The summed E-state index contributed by atoms with van der Waals surface area (Å²) < 4.78 is 60.9. The van der Waals surface area contributed by atoms with E-state index in [9.17, 15) is 9.36 Å². The normalized spacial score (nSPS) is 20.8. The van der Waals surface area contributed by atoms with Crippen molar-refractivity contribution in [3.8, 4) is 0 Å². The Morgan fingerprint density at radius 3 is 2.67 bits per heavy atom. The predicted molar refractivity (Wildman–Crippen MR) is 48.1 cm³/mol. The Balaban J connectivity index is 4.82. The summed E-state index contributed by atoms with van der Waals surface area (Å²) >= 11 is 0.189. The van der Waals surface area contributed by atoms with Crippen molar-refractivity contribution in [1.82, 2.24) is 5.32 Å². The first kappa shape index (κ1) is 5.00. The lowest BCUT2D eigenvalue weighted by Crippen LogP contribution is -2.19. The summed E-state index contributed by atoms with van der Waals surface area (Å²) in [5.74, 6) is -1.04. The molecule has 0 aliphatic rings. The third-order valence-electron chi connectivity index (χ3n) is 0.856. The summed E-state index contributed by atoms with van der Waals surface area (Å²) in [5.41, 5.74) is 0. The van der Waals surface area contributed by atoms with Crippen molar-refractivity contribution in [2.24, 2.45) is 0 Å². The standard InChI is InChI=1S/C5H12NO4PS/c1-6-5(7)4-12-11(8,9-2)10-3/h4H2,1-3H3,(H,6,7)/i2D3,3D3. The number of hydrogen-bond donors (Lipinski definition) is 1. The molecule has 0 aromatic rings. The zero-order valence-electron chi connectivity index (χ0n) is 12.2. The first-order chi connectivity index (χ1) is 7.87. The van der Waals surface area contributed by atoms with Gasteiger partial charge in [0.05, 0.1) is 14.0 Å². The van der Waals surface area contributed by atoms with Crippen LogP contribution < -0.4 is 5.32 Å². The summed E-state index contributed by atoms with van der Waals surface area (Å²) in [6.07, 6.45) is 0. The van der Waals surface area contributed by atoms with Gasteiger partial charge in [-0.2, -0.15) is 0 Å². The van der Waals surface area contributed by atoms with Crippen LogP contribution in [0.25, 0.3) is 0 Å². The van der Waals surface area contributed by atoms with Crippen molar-refractivity contribution in [2.75, 3.05) is 26.9 Å². The van der Waals surface area contributed by atoms with Gasteiger partial charge in [-0.3, -0.25) is 4.79 Å². The van der Waals surface area contributed by atoms with E-state index in [1.807, 2.05) is 0 Å². The largest absolute Gasteiger partial charge is 0.389 e. The molecule has 0 saturated heterocycles. The number of carbonyl (C=O) groups excluding carboxylic acids is 1. The van der Waals surface area contributed by atoms with Crippen LogP contribution >= 0.6 is 18.2 Å². The highest BCUT2D eigenvalue weighted by atomic mass is 32.7. The molecule has 0 aliphatic heterocycles. The van der Waals surface area contributed by atoms with E-state index in [0.717, 1.165) is 0 Å². The molecule has 0 aliphatic carbocycles. The molecule has 0 spiro atoms. The van der Waals surface area contributed by atoms with Gasteiger partial charge in [0.25, 0.3) is 0 Å². The van der Waals surface area contributed by atoms with Gasteiger partial charge in [-0.05, 0) is 11.4 Å². The fourth-order valence-corrected chi connectivity index (χ4v) is 1.99. The number of nitrogens with one attached hydrogen (secondary N) is 1. The topological polar surface area (TPSA) is 64.6 Å². The number of carbonyl (C=O) groups is 1. The molecule has 72 valence electrons. The first-order valence-electron chi connectivity index (χ1n) is 5.73. The second-order valence-corrected chi connectivity index (χ2v) is 5.50. The van der Waals surface area contributed by atoms with Crippen LogP contribution in [-0.2, 0) is 18.4 Å². The van der Waals surface area contributed by atoms with E-state index in [2.05, 4.69) is 14.4 Å². The molecule has 12 heavy (non-hydrogen) atoms. The number of rotatable bonds is 5. The maximum absolute atomic E-state index is 11.9. The van der Waals surface area contributed by atoms with Crippen LogP contribution in [0.2, 0.25) is 0 Å². The van der Waals surface area contributed by atoms with Crippen LogP contribution in [-0.4, -0.2) is 32.8 Å². The molecule has 0 unspecified atom stereocenters. The van der Waals surface area contributed by atoms with Gasteiger partial charge in [-0.25, -0.2) is 4.57 Å². The minimum atomic E-state index is -4.50. The third kappa shape index (κ3) is 4.11. The second kappa shape index (κ2) is 5.59. The molecule has 0 atom stereocenters. The summed E-state index contributed by atoms with van der Waals surface area (Å²) in [6, 6.07) is 0. The van der Waals surface area contributed by atoms with Crippen molar-refractivity contribution in [2.45, 2.75) is 0 Å². The van der Waals surface area contributed by atoms with Crippen molar-refractivity contribution in [3.05, 3.63) is 0 Å². The Hall–Kier alpha value is -0.0300. The van der Waals surface area contributed by atoms with Crippen molar-refractivity contribution in [1.29, 1.82) is 0 Å². The molecule has 0 aromatic carbocycles. The van der Waals surface area contributed by atoms with Gasteiger partial charge in [0.2, 0.25) is 5.91 Å². The van der Waals surface area contributed by atoms with E-state index in [1.165, 1.54) is 7.05 Å². The molecule has 0 rings (SSSR count). The minimum Gasteiger partial charge on any atom is -0.358 e. The lowest BCUT2D eigenvalue weighted by atomic mass is 10.7. The first-order valence-corrected chi connectivity index (χ1v) is 5.87. The molecular weight excluding hydrogens is 201 g/mol. The van der Waals surface area contributed by atoms with Crippen molar-refractivity contribution >= 4 is 24.1 Å². The van der Waals surface area contributed by atoms with Crippen molar-refractivity contribution < 1.29 is 26.6 Å². The van der Waals surface area contributed by atoms with Gasteiger partial charge in [-0.15, -0.1) is 0 Å². The highest BCUT2D eigenvalue weighted by molar-refractivity contribution is 8.55. The molecule has 0 radical (unpaired) electrons. The average Bonchev–Trinajstić information content (AvgIpc) is 2.07. The lowest BCUT2D eigenvalue weighted by molar-refractivity contribution is -0.118. The van der Waals surface area contributed by atoms with E-state index < -0.39 is 32.5 Å². The molecule has 0 aromatic heterocycles. The Bertz CT molecular complexity index is 324. The van der Waals surface area contributed by atoms with Gasteiger partial charge in [-0.1, -0.05) is 0 Å². The van der Waals surface area contributed by atoms with Gasteiger partial charge >= 0.3 is 6.80 Å². The average molecular weight is 219 g/mol. The van der Waals surface area contributed by atoms with Gasteiger partial charge in [0, 0.05) is 21.1 Å². The molecule has 0 fully saturated rings. The van der Waals surface area contributed by atoms with Crippen LogP contribution in [0.5, 0.6) is 0 Å². The number of hydrogen-bond acceptors (Lipinski definition) is 5. The molecule has 7 heteroatoms. The van der Waals surface area contributed by atoms with Crippen LogP contribution in [0.4, 0.5) is 0 Å². The molecular formula is C5H12NO4PS. The molecule has 0 saturated carbocycles. The smallest absolute Gasteiger partial charge is 0.358 e. The monoisotopic (exact) mass is 219 g/mol. The van der Waals surface area contributed by atoms with Crippen LogP contribution in [0.1, 0.15) is 8.22 Å². The van der Waals surface area contributed by atoms with Crippen LogP contribution in [0.3, 0.4) is 0 Å². The third-order valence-corrected chi connectivity index (χ3v) is 3.79. The van der Waals surface area contributed by atoms with E-state index in [-0.39, 0.29) is 11.4 Å². The van der Waals surface area contributed by atoms with Gasteiger partial charge < -0.3 is 14.4 Å². The Morgan fingerprint density at radius 1 is 1.67 bits per heavy atom. The molecule has 0 bridgehead atoms. The summed E-state index contributed by atoms with van der Waals surface area (Å²) in [4.78, 5) is 10.9. The molecule has 1 amide bonds. The summed E-state index contributed by atoms with van der Waals surface area (Å²) in [6.45, 7) is -4.50. The maximum Gasteiger partial charge on any atom is 0.389 e. The summed E-state index contributed by atoms with van der Waals surface area (Å²) in [7, 11) is -4.89. The van der Waals surface area contributed by atoms with E-state index >= 15 is 0 Å². The minimum absolute atomic E-state index is 0.189. The van der Waals surface area contributed by atoms with Gasteiger partial charge in [0.1, 0.15) is 0 Å². The molecule has 1 N–H and O–H groups in total. The zero-order chi connectivity index (χ0) is 14.6. The fourth-order valence-electron chi connectivity index (χ4n) is 0.281. The van der Waals surface area contributed by atoms with Crippen LogP contribution in [0, 0.1) is 0 Å². The Kier molecular flexibility index (Phi) is 2.33.